The summed E-state index contributed by atoms with van der Waals surface area (Å²) in [6, 6.07) is 9.37. The van der Waals surface area contributed by atoms with E-state index in [-0.39, 0.29) is 22.5 Å². The van der Waals surface area contributed by atoms with Crippen molar-refractivity contribution in [2.75, 3.05) is 13.2 Å². The third-order valence-corrected chi connectivity index (χ3v) is 5.64. The van der Waals surface area contributed by atoms with Gasteiger partial charge in [0.15, 0.2) is 0 Å². The van der Waals surface area contributed by atoms with Gasteiger partial charge in [-0.3, -0.25) is 9.59 Å². The van der Waals surface area contributed by atoms with Crippen molar-refractivity contribution in [3.05, 3.63) is 81.9 Å². The van der Waals surface area contributed by atoms with Crippen LogP contribution in [0.4, 0.5) is 17.6 Å². The summed E-state index contributed by atoms with van der Waals surface area (Å²) in [4.78, 5) is 26.2. The van der Waals surface area contributed by atoms with Gasteiger partial charge in [0.25, 0.3) is 11.5 Å². The first-order chi connectivity index (χ1) is 16.7. The molecule has 11 heteroatoms. The second kappa shape index (κ2) is 9.96. The van der Waals surface area contributed by atoms with Gasteiger partial charge >= 0.3 is 6.18 Å². The van der Waals surface area contributed by atoms with E-state index in [9.17, 15) is 32.3 Å². The highest BCUT2D eigenvalue weighted by Gasteiger charge is 2.31. The largest absolute Gasteiger partial charge is 0.416 e. The maximum atomic E-state index is 13.8. The van der Waals surface area contributed by atoms with Gasteiger partial charge in [0, 0.05) is 12.2 Å². The molecule has 35 heavy (non-hydrogen) atoms. The Morgan fingerprint density at radius 1 is 1.20 bits per heavy atom. The molecule has 0 radical (unpaired) electrons. The topological polar surface area (TPSA) is 93.4 Å². The average Bonchev–Trinajstić information content (AvgIpc) is 3.37. The highest BCUT2D eigenvalue weighted by Crippen LogP contribution is 2.30. The fourth-order valence-corrected chi connectivity index (χ4v) is 3.83. The van der Waals surface area contributed by atoms with E-state index in [0.29, 0.717) is 13.0 Å². The monoisotopic (exact) mass is 491 g/mol. The van der Waals surface area contributed by atoms with Gasteiger partial charge in [-0.05, 0) is 49.2 Å². The molecule has 1 saturated heterocycles. The zero-order valence-corrected chi connectivity index (χ0v) is 18.3. The van der Waals surface area contributed by atoms with Crippen LogP contribution in [0, 0.1) is 5.82 Å². The first-order valence-corrected chi connectivity index (χ1v) is 10.8. The van der Waals surface area contributed by atoms with Gasteiger partial charge in [0.05, 0.1) is 35.7 Å². The second-order valence-electron chi connectivity index (χ2n) is 8.03. The number of aromatic nitrogens is 2. The standard InChI is InChI=1S/C24H21F4N3O4/c25-16-3-1-4-17(11-16)31-23(34)18(22(33)29-20(13-32)21-5-2-10-35-21)12-19(30-31)14-6-8-15(9-7-14)24(26,27)28/h1,3-4,6-9,11-12,20-21,32H,2,5,10,13H2,(H,29,33)/t20-,21+/m1/s1. The minimum Gasteiger partial charge on any atom is -0.394 e. The predicted octanol–water partition coefficient (Wildman–Crippen LogP) is 3.33. The minimum absolute atomic E-state index is 0.0189. The van der Waals surface area contributed by atoms with Crippen molar-refractivity contribution in [1.29, 1.82) is 0 Å². The van der Waals surface area contributed by atoms with Crippen molar-refractivity contribution in [3.63, 3.8) is 0 Å². The number of aliphatic hydroxyl groups excluding tert-OH is 1. The summed E-state index contributed by atoms with van der Waals surface area (Å²) in [5.74, 6) is -1.48. The molecular weight excluding hydrogens is 470 g/mol. The smallest absolute Gasteiger partial charge is 0.394 e. The molecule has 3 aromatic rings. The average molecular weight is 491 g/mol. The number of hydrogen-bond donors (Lipinski definition) is 2. The van der Waals surface area contributed by atoms with E-state index in [2.05, 4.69) is 10.4 Å². The Labute approximate surface area is 197 Å². The lowest BCUT2D eigenvalue weighted by Crippen LogP contribution is -2.47. The number of carbonyl (C=O) groups excluding carboxylic acids is 1. The maximum Gasteiger partial charge on any atom is 0.416 e. The SMILES string of the molecule is O=C(N[C@H](CO)[C@@H]1CCCO1)c1cc(-c2ccc(C(F)(F)F)cc2)nn(-c2cccc(F)c2)c1=O. The van der Waals surface area contributed by atoms with E-state index in [4.69, 9.17) is 4.74 Å². The molecule has 0 spiro atoms. The third kappa shape index (κ3) is 5.41. The van der Waals surface area contributed by atoms with E-state index < -0.39 is 47.8 Å². The summed E-state index contributed by atoms with van der Waals surface area (Å²) in [7, 11) is 0. The Bertz CT molecular complexity index is 1270. The molecule has 1 aromatic heterocycles. The van der Waals surface area contributed by atoms with Gasteiger partial charge in [-0.2, -0.15) is 23.0 Å². The Kier molecular flexibility index (Phi) is 6.99. The van der Waals surface area contributed by atoms with Gasteiger partial charge < -0.3 is 15.2 Å². The lowest BCUT2D eigenvalue weighted by atomic mass is 10.1. The number of carbonyl (C=O) groups is 1. The summed E-state index contributed by atoms with van der Waals surface area (Å²) >= 11 is 0. The van der Waals surface area contributed by atoms with Gasteiger partial charge in [-0.15, -0.1) is 0 Å². The number of halogens is 4. The fourth-order valence-electron chi connectivity index (χ4n) is 3.83. The van der Waals surface area contributed by atoms with Crippen LogP contribution in [0.25, 0.3) is 16.9 Å². The zero-order chi connectivity index (χ0) is 25.2. The molecule has 7 nitrogen and oxygen atoms in total. The summed E-state index contributed by atoms with van der Waals surface area (Å²) < 4.78 is 59.1. The zero-order valence-electron chi connectivity index (χ0n) is 18.3. The number of amides is 1. The molecule has 2 atom stereocenters. The molecule has 4 rings (SSSR count). The molecular formula is C24H21F4N3O4. The van der Waals surface area contributed by atoms with Crippen LogP contribution < -0.4 is 10.9 Å². The van der Waals surface area contributed by atoms with Crippen LogP contribution >= 0.6 is 0 Å². The van der Waals surface area contributed by atoms with Crippen molar-refractivity contribution < 1.29 is 32.2 Å². The summed E-state index contributed by atoms with van der Waals surface area (Å²) in [6.07, 6.45) is -3.59. The van der Waals surface area contributed by atoms with Crippen molar-refractivity contribution in [2.45, 2.75) is 31.2 Å². The molecule has 1 aliphatic rings. The molecule has 0 unspecified atom stereocenters. The quantitative estimate of drug-likeness (QED) is 0.516. The Morgan fingerprint density at radius 3 is 2.54 bits per heavy atom. The fraction of sp³-hybridized carbons (Fsp3) is 0.292. The molecule has 0 aliphatic carbocycles. The Hall–Kier alpha value is -3.57. The van der Waals surface area contributed by atoms with Crippen molar-refractivity contribution in [3.8, 4) is 16.9 Å². The van der Waals surface area contributed by atoms with Gasteiger partial charge in [0.2, 0.25) is 0 Å². The van der Waals surface area contributed by atoms with Crippen molar-refractivity contribution >= 4 is 5.91 Å². The minimum atomic E-state index is -4.54. The number of alkyl halides is 3. The van der Waals surface area contributed by atoms with Crippen molar-refractivity contribution in [1.82, 2.24) is 15.1 Å². The first-order valence-electron chi connectivity index (χ1n) is 10.8. The summed E-state index contributed by atoms with van der Waals surface area (Å²) in [6.45, 7) is 0.0576. The van der Waals surface area contributed by atoms with Crippen LogP contribution in [0.2, 0.25) is 0 Å². The van der Waals surface area contributed by atoms with E-state index in [0.717, 1.165) is 53.6 Å². The maximum absolute atomic E-state index is 13.8. The molecule has 0 saturated carbocycles. The normalized spacial score (nSPS) is 16.8. The van der Waals surface area contributed by atoms with Crippen LogP contribution in [0.15, 0.2) is 59.4 Å². The number of ether oxygens (including phenoxy) is 1. The molecule has 1 fully saturated rings. The number of hydrogen-bond acceptors (Lipinski definition) is 5. The summed E-state index contributed by atoms with van der Waals surface area (Å²) in [5.41, 5.74) is -1.88. The molecule has 1 amide bonds. The predicted molar refractivity (Wildman–Crippen MR) is 118 cm³/mol. The van der Waals surface area contributed by atoms with Crippen LogP contribution in [-0.4, -0.2) is 46.2 Å². The van der Waals surface area contributed by atoms with Crippen LogP contribution in [0.1, 0.15) is 28.8 Å². The molecule has 2 N–H and O–H groups in total. The van der Waals surface area contributed by atoms with E-state index in [1.165, 1.54) is 12.1 Å². The van der Waals surface area contributed by atoms with Gasteiger partial charge in [-0.25, -0.2) is 4.39 Å². The molecule has 2 aromatic carbocycles. The van der Waals surface area contributed by atoms with Crippen LogP contribution in [0.5, 0.6) is 0 Å². The number of nitrogens with zero attached hydrogens (tertiary/aromatic N) is 2. The summed E-state index contributed by atoms with van der Waals surface area (Å²) in [5, 5.41) is 16.5. The number of rotatable bonds is 6. The van der Waals surface area contributed by atoms with Crippen LogP contribution in [-0.2, 0) is 10.9 Å². The third-order valence-electron chi connectivity index (χ3n) is 5.64. The number of benzene rings is 2. The Morgan fingerprint density at radius 2 is 1.94 bits per heavy atom. The Balaban J connectivity index is 1.78. The molecule has 1 aliphatic heterocycles. The number of nitrogens with one attached hydrogen (secondary N) is 1. The molecule has 2 heterocycles. The highest BCUT2D eigenvalue weighted by molar-refractivity contribution is 5.95. The van der Waals surface area contributed by atoms with E-state index in [1.807, 2.05) is 0 Å². The van der Waals surface area contributed by atoms with Crippen LogP contribution in [0.3, 0.4) is 0 Å². The highest BCUT2D eigenvalue weighted by atomic mass is 19.4. The van der Waals surface area contributed by atoms with Gasteiger partial charge in [0.1, 0.15) is 11.4 Å². The van der Waals surface area contributed by atoms with Gasteiger partial charge in [-0.1, -0.05) is 18.2 Å². The lowest BCUT2D eigenvalue weighted by Gasteiger charge is -2.22. The lowest BCUT2D eigenvalue weighted by molar-refractivity contribution is -0.137. The molecule has 0 bridgehead atoms. The molecule has 184 valence electrons. The number of aliphatic hydroxyl groups is 1. The van der Waals surface area contributed by atoms with E-state index in [1.54, 1.807) is 0 Å². The van der Waals surface area contributed by atoms with E-state index >= 15 is 0 Å². The van der Waals surface area contributed by atoms with Crippen molar-refractivity contribution in [2.24, 2.45) is 0 Å². The first kappa shape index (κ1) is 24.6. The second-order valence-corrected chi connectivity index (χ2v) is 8.03.